The molecule has 1 aliphatic carbocycles. The van der Waals surface area contributed by atoms with E-state index in [4.69, 9.17) is 21.1 Å². The number of benzene rings is 2. The SMILES string of the molecule is CO[C@H]1CC[C@]2(CC1)NC(=O)C(c1cc(-c3ccc(F)c(F)c3)ccc1Cl)=C2OC(=O)O. The van der Waals surface area contributed by atoms with Gasteiger partial charge in [0.15, 0.2) is 11.6 Å². The van der Waals surface area contributed by atoms with Gasteiger partial charge in [-0.25, -0.2) is 13.6 Å². The number of rotatable bonds is 4. The van der Waals surface area contributed by atoms with Gasteiger partial charge in [0.1, 0.15) is 5.76 Å². The largest absolute Gasteiger partial charge is 0.511 e. The molecule has 1 amide bonds. The van der Waals surface area contributed by atoms with Crippen LogP contribution in [0.1, 0.15) is 31.2 Å². The molecule has 0 saturated heterocycles. The Morgan fingerprint density at radius 2 is 1.78 bits per heavy atom. The Bertz CT molecular complexity index is 1130. The van der Waals surface area contributed by atoms with Crippen molar-refractivity contribution < 1.29 is 33.0 Å². The van der Waals surface area contributed by atoms with E-state index in [0.29, 0.717) is 36.8 Å². The van der Waals surface area contributed by atoms with Crippen molar-refractivity contribution in [2.24, 2.45) is 0 Å². The van der Waals surface area contributed by atoms with E-state index in [-0.39, 0.29) is 28.0 Å². The van der Waals surface area contributed by atoms with Crippen LogP contribution >= 0.6 is 11.6 Å². The summed E-state index contributed by atoms with van der Waals surface area (Å²) in [5.41, 5.74) is 0.117. The van der Waals surface area contributed by atoms with Gasteiger partial charge in [-0.3, -0.25) is 4.79 Å². The zero-order valence-electron chi connectivity index (χ0n) is 17.1. The number of halogens is 3. The summed E-state index contributed by atoms with van der Waals surface area (Å²) in [6.07, 6.45) is 0.550. The van der Waals surface area contributed by atoms with E-state index in [1.807, 2.05) is 0 Å². The van der Waals surface area contributed by atoms with Gasteiger partial charge in [-0.05, 0) is 61.1 Å². The molecule has 1 aliphatic heterocycles. The van der Waals surface area contributed by atoms with Crippen LogP contribution in [0.4, 0.5) is 13.6 Å². The Morgan fingerprint density at radius 1 is 1.12 bits per heavy atom. The minimum Gasteiger partial charge on any atom is -0.449 e. The van der Waals surface area contributed by atoms with Crippen molar-refractivity contribution >= 4 is 29.2 Å². The highest BCUT2D eigenvalue weighted by Gasteiger charge is 2.50. The third kappa shape index (κ3) is 3.96. The second-order valence-electron chi connectivity index (χ2n) is 7.87. The maximum absolute atomic E-state index is 13.7. The highest BCUT2D eigenvalue weighted by molar-refractivity contribution is 6.36. The highest BCUT2D eigenvalue weighted by atomic mass is 35.5. The summed E-state index contributed by atoms with van der Waals surface area (Å²) >= 11 is 6.39. The monoisotopic (exact) mass is 463 g/mol. The summed E-state index contributed by atoms with van der Waals surface area (Å²) in [6, 6.07) is 8.09. The van der Waals surface area contributed by atoms with E-state index in [0.717, 1.165) is 12.1 Å². The number of nitrogens with one attached hydrogen (secondary N) is 1. The lowest BCUT2D eigenvalue weighted by atomic mass is 9.79. The van der Waals surface area contributed by atoms with Gasteiger partial charge in [0.2, 0.25) is 0 Å². The van der Waals surface area contributed by atoms with Crippen molar-refractivity contribution in [3.8, 4) is 11.1 Å². The fourth-order valence-corrected chi connectivity index (χ4v) is 4.62. The van der Waals surface area contributed by atoms with Crippen molar-refractivity contribution in [2.45, 2.75) is 37.3 Å². The topological polar surface area (TPSA) is 84.9 Å². The van der Waals surface area contributed by atoms with E-state index < -0.39 is 29.2 Å². The first-order valence-electron chi connectivity index (χ1n) is 10.0. The normalized spacial score (nSPS) is 22.9. The Hall–Kier alpha value is -2.97. The Balaban J connectivity index is 1.83. The summed E-state index contributed by atoms with van der Waals surface area (Å²) in [6.45, 7) is 0. The van der Waals surface area contributed by atoms with Crippen LogP contribution in [0.15, 0.2) is 42.2 Å². The van der Waals surface area contributed by atoms with Gasteiger partial charge < -0.3 is 19.9 Å². The maximum Gasteiger partial charge on any atom is 0.511 e. The fraction of sp³-hybridized carbons (Fsp3) is 0.304. The molecule has 2 aliphatic rings. The molecule has 0 radical (unpaired) electrons. The zero-order valence-corrected chi connectivity index (χ0v) is 17.8. The predicted octanol–water partition coefficient (Wildman–Crippen LogP) is 5.15. The molecule has 1 fully saturated rings. The Kier molecular flexibility index (Phi) is 5.92. The quantitative estimate of drug-likeness (QED) is 0.613. The van der Waals surface area contributed by atoms with E-state index in [2.05, 4.69) is 5.32 Å². The van der Waals surface area contributed by atoms with Gasteiger partial charge in [0, 0.05) is 17.7 Å². The van der Waals surface area contributed by atoms with Crippen molar-refractivity contribution in [2.75, 3.05) is 7.11 Å². The lowest BCUT2D eigenvalue weighted by molar-refractivity contribution is -0.116. The molecule has 4 rings (SSSR count). The van der Waals surface area contributed by atoms with Crippen LogP contribution in [0, 0.1) is 11.6 Å². The minimum atomic E-state index is -1.55. The smallest absolute Gasteiger partial charge is 0.449 e. The minimum absolute atomic E-state index is 0.00566. The second-order valence-corrected chi connectivity index (χ2v) is 8.27. The number of carboxylic acid groups (broad SMARTS) is 1. The summed E-state index contributed by atoms with van der Waals surface area (Å²) in [7, 11) is 1.61. The molecule has 1 spiro atoms. The molecule has 2 N–H and O–H groups in total. The summed E-state index contributed by atoms with van der Waals surface area (Å²) < 4.78 is 37.6. The van der Waals surface area contributed by atoms with Crippen molar-refractivity contribution in [1.29, 1.82) is 0 Å². The van der Waals surface area contributed by atoms with Crippen LogP contribution in [0.25, 0.3) is 16.7 Å². The van der Waals surface area contributed by atoms with Crippen molar-refractivity contribution in [3.05, 3.63) is 64.4 Å². The lowest BCUT2D eigenvalue weighted by Gasteiger charge is -2.37. The van der Waals surface area contributed by atoms with Gasteiger partial charge >= 0.3 is 6.16 Å². The number of carbonyl (C=O) groups is 2. The number of carbonyl (C=O) groups excluding carboxylic acids is 1. The molecule has 6 nitrogen and oxygen atoms in total. The summed E-state index contributed by atoms with van der Waals surface area (Å²) in [4.78, 5) is 24.5. The van der Waals surface area contributed by atoms with Crippen LogP contribution in [-0.2, 0) is 14.3 Å². The Labute approximate surface area is 187 Å². The molecule has 0 bridgehead atoms. The zero-order chi connectivity index (χ0) is 23.0. The average molecular weight is 464 g/mol. The molecule has 0 unspecified atom stereocenters. The van der Waals surface area contributed by atoms with Crippen molar-refractivity contribution in [1.82, 2.24) is 5.32 Å². The number of amides is 1. The van der Waals surface area contributed by atoms with Crippen LogP contribution in [0.2, 0.25) is 5.02 Å². The van der Waals surface area contributed by atoms with Gasteiger partial charge in [0.25, 0.3) is 5.91 Å². The second kappa shape index (κ2) is 8.52. The van der Waals surface area contributed by atoms with E-state index in [1.165, 1.54) is 18.2 Å². The number of ether oxygens (including phenoxy) is 2. The Morgan fingerprint density at radius 3 is 2.41 bits per heavy atom. The molecule has 32 heavy (non-hydrogen) atoms. The van der Waals surface area contributed by atoms with Gasteiger partial charge in [-0.15, -0.1) is 0 Å². The van der Waals surface area contributed by atoms with Crippen LogP contribution in [-0.4, -0.2) is 35.9 Å². The molecule has 168 valence electrons. The average Bonchev–Trinajstić information content (AvgIpc) is 3.01. The first kappa shape index (κ1) is 22.2. The predicted molar refractivity (Wildman–Crippen MR) is 113 cm³/mol. The molecule has 0 atom stereocenters. The number of hydrogen-bond donors (Lipinski definition) is 2. The standard InChI is InChI=1S/C23H20ClF2NO5/c1-31-14-6-8-23(9-7-14)20(32-22(29)30)19(21(28)27-23)15-10-12(2-4-16(15)24)13-3-5-17(25)18(26)11-13/h2-5,10-11,14H,6-9H2,1H3,(H,27,28)(H,29,30)/t14-,23+. The molecule has 2 aromatic carbocycles. The molecule has 1 heterocycles. The van der Waals surface area contributed by atoms with Crippen molar-refractivity contribution in [3.63, 3.8) is 0 Å². The molecule has 2 aromatic rings. The van der Waals surface area contributed by atoms with E-state index in [1.54, 1.807) is 13.2 Å². The third-order valence-corrected chi connectivity index (χ3v) is 6.37. The van der Waals surface area contributed by atoms with E-state index in [9.17, 15) is 23.5 Å². The van der Waals surface area contributed by atoms with Crippen LogP contribution in [0.3, 0.4) is 0 Å². The summed E-state index contributed by atoms with van der Waals surface area (Å²) in [5, 5.41) is 12.5. The third-order valence-electron chi connectivity index (χ3n) is 6.04. The highest BCUT2D eigenvalue weighted by Crippen LogP contribution is 2.45. The van der Waals surface area contributed by atoms with E-state index >= 15 is 0 Å². The summed E-state index contributed by atoms with van der Waals surface area (Å²) in [5.74, 6) is -2.51. The molecule has 1 saturated carbocycles. The number of hydrogen-bond acceptors (Lipinski definition) is 4. The van der Waals surface area contributed by atoms with Crippen LogP contribution < -0.4 is 5.32 Å². The molecule has 9 heteroatoms. The molecular formula is C23H20ClF2NO5. The molecule has 0 aromatic heterocycles. The fourth-order valence-electron chi connectivity index (χ4n) is 4.40. The maximum atomic E-state index is 13.7. The van der Waals surface area contributed by atoms with Gasteiger partial charge in [-0.2, -0.15) is 0 Å². The van der Waals surface area contributed by atoms with Gasteiger partial charge in [0.05, 0.1) is 17.2 Å². The first-order valence-corrected chi connectivity index (χ1v) is 10.4. The lowest BCUT2D eigenvalue weighted by Crippen LogP contribution is -2.49. The number of methoxy groups -OCH3 is 1. The first-order chi connectivity index (χ1) is 15.2. The molecular weight excluding hydrogens is 444 g/mol. The van der Waals surface area contributed by atoms with Gasteiger partial charge in [-0.1, -0.05) is 23.7 Å². The van der Waals surface area contributed by atoms with Crippen LogP contribution in [0.5, 0.6) is 0 Å².